The molecular weight excluding hydrogens is 535 g/mol. The molecule has 2 aliphatic heterocycles. The third kappa shape index (κ3) is 3.23. The molecule has 0 radical (unpaired) electrons. The number of benzene rings is 3. The number of anilines is 1. The molecule has 0 saturated carbocycles. The summed E-state index contributed by atoms with van der Waals surface area (Å²) in [6, 6.07) is 20.1. The van der Waals surface area contributed by atoms with Crippen LogP contribution in [0.4, 0.5) is 18.9 Å². The first-order valence-corrected chi connectivity index (χ1v) is 13.6. The zero-order valence-electron chi connectivity index (χ0n) is 20.8. The Morgan fingerprint density at radius 3 is 2.10 bits per heavy atom. The Morgan fingerprint density at radius 2 is 1.48 bits per heavy atom. The Morgan fingerprint density at radius 1 is 0.825 bits per heavy atom. The molecule has 198 valence electrons. The third-order valence-electron chi connectivity index (χ3n) is 8.34. The number of carbonyl (C=O) groups is 3. The van der Waals surface area contributed by atoms with E-state index in [1.807, 2.05) is 35.2 Å². The normalized spacial score (nSPS) is 22.4. The van der Waals surface area contributed by atoms with Gasteiger partial charge in [-0.3, -0.25) is 14.4 Å². The smallest absolute Gasteiger partial charge is 0.352 e. The van der Waals surface area contributed by atoms with Gasteiger partial charge >= 0.3 is 6.18 Å². The maximum Gasteiger partial charge on any atom is 0.416 e. The average molecular weight is 556 g/mol. The lowest BCUT2D eigenvalue weighted by Gasteiger charge is -2.37. The van der Waals surface area contributed by atoms with E-state index in [9.17, 15) is 27.6 Å². The fourth-order valence-corrected chi connectivity index (χ4v) is 7.43. The first-order valence-electron chi connectivity index (χ1n) is 12.7. The third-order valence-corrected chi connectivity index (χ3v) is 9.23. The number of para-hydroxylation sites is 1. The highest BCUT2D eigenvalue weighted by molar-refractivity contribution is 7.12. The number of Topliss-reactive ketones (excluding diaryl/α,β-unsaturated/α-hetero) is 3. The quantitative estimate of drug-likeness (QED) is 0.200. The number of halogens is 3. The molecule has 1 aliphatic carbocycles. The SMILES string of the molecule is O=C(c1cccs1)[C@@H]1[C@@H](c2ccc(C(F)(F)F)cc2)C2(C(=O)c3ccccc3C2=O)[C@H]2C=Cc3ccccc3N12. The lowest BCUT2D eigenvalue weighted by atomic mass is 9.64. The van der Waals surface area contributed by atoms with Crippen LogP contribution in [0, 0.1) is 5.41 Å². The molecule has 0 amide bonds. The predicted molar refractivity (Wildman–Crippen MR) is 146 cm³/mol. The van der Waals surface area contributed by atoms with E-state index in [1.54, 1.807) is 47.9 Å². The fourth-order valence-electron chi connectivity index (χ4n) is 6.73. The number of carbonyl (C=O) groups excluding carboxylic acids is 3. The highest BCUT2D eigenvalue weighted by atomic mass is 32.1. The second-order valence-corrected chi connectivity index (χ2v) is 11.2. The van der Waals surface area contributed by atoms with Crippen LogP contribution in [-0.2, 0) is 6.18 Å². The lowest BCUT2D eigenvalue weighted by molar-refractivity contribution is -0.137. The average Bonchev–Trinajstić information content (AvgIpc) is 3.66. The van der Waals surface area contributed by atoms with Crippen LogP contribution < -0.4 is 4.90 Å². The van der Waals surface area contributed by atoms with E-state index in [0.717, 1.165) is 17.7 Å². The van der Waals surface area contributed by atoms with Gasteiger partial charge in [-0.15, -0.1) is 11.3 Å². The van der Waals surface area contributed by atoms with Crippen LogP contribution in [0.5, 0.6) is 0 Å². The molecular formula is C32H20F3NO3S. The van der Waals surface area contributed by atoms with E-state index >= 15 is 0 Å². The first kappa shape index (κ1) is 24.7. The lowest BCUT2D eigenvalue weighted by Crippen LogP contribution is -2.48. The molecule has 40 heavy (non-hydrogen) atoms. The Labute approximate surface area is 231 Å². The standard InChI is InChI=1S/C32H20F3NO3S/c33-32(34,35)20-14-11-19(12-15-20)26-27(28(37)24-10-5-17-40-24)36-23-9-4-1-6-18(23)13-16-25(36)31(26)29(38)21-7-2-3-8-22(21)30(31)39/h1-17,25-27H/t25-,26-,27+/m1/s1. The van der Waals surface area contributed by atoms with Gasteiger partial charge in [-0.05, 0) is 40.8 Å². The van der Waals surface area contributed by atoms with Crippen molar-refractivity contribution in [1.82, 2.24) is 0 Å². The van der Waals surface area contributed by atoms with Crippen molar-refractivity contribution in [2.24, 2.45) is 5.41 Å². The van der Waals surface area contributed by atoms with Crippen molar-refractivity contribution >= 4 is 40.4 Å². The monoisotopic (exact) mass is 555 g/mol. The molecule has 3 atom stereocenters. The second-order valence-electron chi connectivity index (χ2n) is 10.2. The molecule has 3 heterocycles. The first-order chi connectivity index (χ1) is 19.2. The molecule has 1 fully saturated rings. The molecule has 1 aromatic heterocycles. The molecule has 4 nitrogen and oxygen atoms in total. The molecule has 3 aliphatic rings. The van der Waals surface area contributed by atoms with Crippen molar-refractivity contribution in [2.75, 3.05) is 4.90 Å². The Hall–Kier alpha value is -4.30. The molecule has 7 rings (SSSR count). The van der Waals surface area contributed by atoms with Gasteiger partial charge in [0.15, 0.2) is 17.3 Å². The van der Waals surface area contributed by atoms with E-state index in [4.69, 9.17) is 0 Å². The van der Waals surface area contributed by atoms with Crippen molar-refractivity contribution in [3.05, 3.63) is 129 Å². The van der Waals surface area contributed by atoms with Crippen LogP contribution in [0.2, 0.25) is 0 Å². The molecule has 0 bridgehead atoms. The Balaban J connectivity index is 1.53. The van der Waals surface area contributed by atoms with Gasteiger partial charge in [-0.2, -0.15) is 13.2 Å². The highest BCUT2D eigenvalue weighted by Gasteiger charge is 2.71. The summed E-state index contributed by atoms with van der Waals surface area (Å²) in [6.45, 7) is 0. The highest BCUT2D eigenvalue weighted by Crippen LogP contribution is 2.61. The van der Waals surface area contributed by atoms with Gasteiger partial charge in [-0.1, -0.05) is 72.8 Å². The number of rotatable bonds is 3. The molecule has 1 saturated heterocycles. The summed E-state index contributed by atoms with van der Waals surface area (Å²) in [5.74, 6) is -2.17. The molecule has 0 N–H and O–H groups in total. The largest absolute Gasteiger partial charge is 0.416 e. The van der Waals surface area contributed by atoms with Crippen molar-refractivity contribution < 1.29 is 27.6 Å². The Bertz CT molecular complexity index is 1690. The van der Waals surface area contributed by atoms with Gasteiger partial charge < -0.3 is 4.90 Å². The summed E-state index contributed by atoms with van der Waals surface area (Å²) in [5.41, 5.74) is -0.221. The van der Waals surface area contributed by atoms with Gasteiger partial charge in [0.1, 0.15) is 11.5 Å². The van der Waals surface area contributed by atoms with Crippen LogP contribution in [0.1, 0.15) is 53.0 Å². The van der Waals surface area contributed by atoms with Crippen LogP contribution in [0.15, 0.2) is 96.4 Å². The minimum Gasteiger partial charge on any atom is -0.352 e. The number of alkyl halides is 3. The van der Waals surface area contributed by atoms with Crippen molar-refractivity contribution in [1.29, 1.82) is 0 Å². The van der Waals surface area contributed by atoms with E-state index in [0.29, 0.717) is 16.1 Å². The van der Waals surface area contributed by atoms with E-state index in [-0.39, 0.29) is 16.9 Å². The van der Waals surface area contributed by atoms with Crippen LogP contribution in [0.25, 0.3) is 6.08 Å². The molecule has 8 heteroatoms. The fraction of sp³-hybridized carbons (Fsp3) is 0.156. The van der Waals surface area contributed by atoms with Crippen LogP contribution in [-0.4, -0.2) is 29.4 Å². The van der Waals surface area contributed by atoms with E-state index < -0.39 is 46.7 Å². The predicted octanol–water partition coefficient (Wildman–Crippen LogP) is 7.08. The zero-order chi connectivity index (χ0) is 27.8. The Kier molecular flexibility index (Phi) is 5.31. The minimum absolute atomic E-state index is 0.265. The summed E-state index contributed by atoms with van der Waals surface area (Å²) in [4.78, 5) is 45.6. The molecule has 3 aromatic carbocycles. The second kappa shape index (κ2) is 8.60. The summed E-state index contributed by atoms with van der Waals surface area (Å²) >= 11 is 1.25. The zero-order valence-corrected chi connectivity index (χ0v) is 21.6. The van der Waals surface area contributed by atoms with E-state index in [1.165, 1.54) is 23.5 Å². The maximum absolute atomic E-state index is 14.5. The summed E-state index contributed by atoms with van der Waals surface area (Å²) in [7, 11) is 0. The number of hydrogen-bond donors (Lipinski definition) is 0. The topological polar surface area (TPSA) is 54.5 Å². The minimum atomic E-state index is -4.56. The van der Waals surface area contributed by atoms with Gasteiger partial charge in [0.25, 0.3) is 0 Å². The van der Waals surface area contributed by atoms with Gasteiger partial charge in [0, 0.05) is 22.7 Å². The van der Waals surface area contributed by atoms with E-state index in [2.05, 4.69) is 0 Å². The van der Waals surface area contributed by atoms with Crippen molar-refractivity contribution in [2.45, 2.75) is 24.2 Å². The van der Waals surface area contributed by atoms with Gasteiger partial charge in [0.05, 0.1) is 16.5 Å². The van der Waals surface area contributed by atoms with Gasteiger partial charge in [-0.25, -0.2) is 0 Å². The number of nitrogens with zero attached hydrogens (tertiary/aromatic N) is 1. The summed E-state index contributed by atoms with van der Waals surface area (Å²) in [6.07, 6.45) is -0.918. The number of fused-ring (bicyclic) bond motifs is 5. The molecule has 0 unspecified atom stereocenters. The molecule has 4 aromatic rings. The maximum atomic E-state index is 14.5. The van der Waals surface area contributed by atoms with Crippen molar-refractivity contribution in [3.8, 4) is 0 Å². The molecule has 1 spiro atoms. The van der Waals surface area contributed by atoms with Crippen molar-refractivity contribution in [3.63, 3.8) is 0 Å². The number of ketones is 3. The van der Waals surface area contributed by atoms with Gasteiger partial charge in [0.2, 0.25) is 0 Å². The summed E-state index contributed by atoms with van der Waals surface area (Å²) in [5, 5.41) is 1.77. The summed E-state index contributed by atoms with van der Waals surface area (Å²) < 4.78 is 40.5. The van der Waals surface area contributed by atoms with Crippen LogP contribution >= 0.6 is 11.3 Å². The van der Waals surface area contributed by atoms with Crippen LogP contribution in [0.3, 0.4) is 0 Å². The number of hydrogen-bond acceptors (Lipinski definition) is 5. The number of thiophene rings is 1.